The van der Waals surface area contributed by atoms with Crippen LogP contribution in [0.25, 0.3) is 5.57 Å². The van der Waals surface area contributed by atoms with Crippen LogP contribution < -0.4 is 0 Å². The van der Waals surface area contributed by atoms with Crippen molar-refractivity contribution < 1.29 is 9.90 Å². The minimum absolute atomic E-state index is 0.394. The second-order valence-electron chi connectivity index (χ2n) is 3.47. The van der Waals surface area contributed by atoms with E-state index >= 15 is 0 Å². The molecule has 0 atom stereocenters. The Labute approximate surface area is 97.8 Å². The maximum atomic E-state index is 11.1. The van der Waals surface area contributed by atoms with Crippen LogP contribution >= 0.6 is 15.9 Å². The second kappa shape index (κ2) is 5.12. The molecule has 15 heavy (non-hydrogen) atoms. The number of carboxylic acids is 1. The van der Waals surface area contributed by atoms with Gasteiger partial charge in [-0.15, -0.1) is 0 Å². The van der Waals surface area contributed by atoms with Crippen molar-refractivity contribution in [3.8, 4) is 0 Å². The molecule has 3 heteroatoms. The molecule has 0 unspecified atom stereocenters. The molecule has 1 rings (SSSR count). The van der Waals surface area contributed by atoms with Gasteiger partial charge in [-0.3, -0.25) is 0 Å². The van der Waals surface area contributed by atoms with E-state index in [1.54, 1.807) is 0 Å². The van der Waals surface area contributed by atoms with Crippen molar-refractivity contribution >= 4 is 27.5 Å². The summed E-state index contributed by atoms with van der Waals surface area (Å²) in [7, 11) is 0. The molecule has 0 bridgehead atoms. The van der Waals surface area contributed by atoms with Crippen LogP contribution in [0.2, 0.25) is 0 Å². The Morgan fingerprint density at radius 1 is 1.33 bits per heavy atom. The molecule has 1 aromatic carbocycles. The van der Waals surface area contributed by atoms with E-state index in [9.17, 15) is 4.79 Å². The first-order chi connectivity index (χ1) is 7.07. The van der Waals surface area contributed by atoms with Gasteiger partial charge in [-0.1, -0.05) is 45.8 Å². The van der Waals surface area contributed by atoms with Gasteiger partial charge in [0.25, 0.3) is 0 Å². The molecule has 2 nitrogen and oxygen atoms in total. The smallest absolute Gasteiger partial charge is 0.336 e. The lowest BCUT2D eigenvalue weighted by Gasteiger charge is -2.09. The number of benzene rings is 1. The summed E-state index contributed by atoms with van der Waals surface area (Å²) in [5, 5.41) is 9.80. The number of carboxylic acid groups (broad SMARTS) is 1. The van der Waals surface area contributed by atoms with Crippen LogP contribution in [0.3, 0.4) is 0 Å². The number of hydrogen-bond donors (Lipinski definition) is 1. The fourth-order valence-corrected chi connectivity index (χ4v) is 1.97. The van der Waals surface area contributed by atoms with Crippen molar-refractivity contribution in [2.75, 3.05) is 0 Å². The molecule has 0 heterocycles. The van der Waals surface area contributed by atoms with Crippen LogP contribution in [0.1, 0.15) is 25.0 Å². The molecule has 80 valence electrons. The first-order valence-corrected chi connectivity index (χ1v) is 5.75. The molecule has 0 saturated heterocycles. The van der Waals surface area contributed by atoms with Crippen LogP contribution in [0.15, 0.2) is 29.8 Å². The number of hydrogen-bond acceptors (Lipinski definition) is 1. The lowest BCUT2D eigenvalue weighted by atomic mass is 9.97. The Kier molecular flexibility index (Phi) is 4.09. The molecule has 0 radical (unpaired) electrons. The molecule has 1 N–H and O–H groups in total. The topological polar surface area (TPSA) is 37.3 Å². The van der Waals surface area contributed by atoms with E-state index < -0.39 is 5.97 Å². The molecule has 0 saturated carbocycles. The summed E-state index contributed by atoms with van der Waals surface area (Å²) in [6.07, 6.45) is 0. The molecule has 0 spiro atoms. The van der Waals surface area contributed by atoms with Crippen LogP contribution in [-0.4, -0.2) is 11.1 Å². The molecule has 0 aromatic heterocycles. The fourth-order valence-electron chi connectivity index (χ4n) is 1.48. The minimum Gasteiger partial charge on any atom is -0.478 e. The van der Waals surface area contributed by atoms with E-state index in [1.807, 2.05) is 38.1 Å². The number of allylic oxidation sites excluding steroid dienone is 1. The Morgan fingerprint density at radius 2 is 1.93 bits per heavy atom. The zero-order chi connectivity index (χ0) is 11.4. The van der Waals surface area contributed by atoms with Gasteiger partial charge in [0.15, 0.2) is 0 Å². The van der Waals surface area contributed by atoms with Crippen LogP contribution in [0.4, 0.5) is 0 Å². The van der Waals surface area contributed by atoms with Gasteiger partial charge < -0.3 is 5.11 Å². The lowest BCUT2D eigenvalue weighted by molar-refractivity contribution is -0.130. The van der Waals surface area contributed by atoms with Crippen molar-refractivity contribution in [3.63, 3.8) is 0 Å². The van der Waals surface area contributed by atoms with Gasteiger partial charge in [-0.2, -0.15) is 0 Å². The maximum absolute atomic E-state index is 11.1. The van der Waals surface area contributed by atoms with Crippen molar-refractivity contribution in [2.24, 2.45) is 0 Å². The van der Waals surface area contributed by atoms with Crippen molar-refractivity contribution in [1.82, 2.24) is 0 Å². The highest BCUT2D eigenvalue weighted by Gasteiger charge is 2.14. The third-order valence-corrected chi connectivity index (χ3v) is 2.75. The van der Waals surface area contributed by atoms with Gasteiger partial charge in [-0.05, 0) is 25.0 Å². The van der Waals surface area contributed by atoms with Crippen molar-refractivity contribution in [2.45, 2.75) is 19.2 Å². The van der Waals surface area contributed by atoms with Crippen molar-refractivity contribution in [1.29, 1.82) is 0 Å². The Hall–Kier alpha value is -1.09. The molecular weight excluding hydrogens is 256 g/mol. The Morgan fingerprint density at radius 3 is 2.40 bits per heavy atom. The Balaban J connectivity index is 3.36. The number of rotatable bonds is 3. The third-order valence-electron chi connectivity index (χ3n) is 2.14. The maximum Gasteiger partial charge on any atom is 0.336 e. The highest BCUT2D eigenvalue weighted by atomic mass is 79.9. The largest absolute Gasteiger partial charge is 0.478 e. The fraction of sp³-hybridized carbons (Fsp3) is 0.250. The number of carbonyl (C=O) groups is 1. The summed E-state index contributed by atoms with van der Waals surface area (Å²) >= 11 is 3.36. The normalized spacial score (nSPS) is 9.80. The van der Waals surface area contributed by atoms with Gasteiger partial charge in [0.05, 0.1) is 5.57 Å². The van der Waals surface area contributed by atoms with E-state index in [2.05, 4.69) is 15.9 Å². The predicted octanol–water partition coefficient (Wildman–Crippen LogP) is 3.46. The van der Waals surface area contributed by atoms with Gasteiger partial charge in [0.2, 0.25) is 0 Å². The van der Waals surface area contributed by atoms with Gasteiger partial charge in [0.1, 0.15) is 0 Å². The summed E-state index contributed by atoms with van der Waals surface area (Å²) in [6, 6.07) is 7.53. The van der Waals surface area contributed by atoms with E-state index in [1.165, 1.54) is 0 Å². The molecule has 0 fully saturated rings. The summed E-state index contributed by atoms with van der Waals surface area (Å²) in [5.41, 5.74) is 3.00. The molecule has 0 amide bonds. The van der Waals surface area contributed by atoms with Gasteiger partial charge >= 0.3 is 5.97 Å². The molecular formula is C12H13BrO2. The second-order valence-corrected chi connectivity index (χ2v) is 4.03. The van der Waals surface area contributed by atoms with E-state index in [0.717, 1.165) is 16.7 Å². The standard InChI is InChI=1S/C12H13BrO2/c1-8(2)11(12(14)15)10-6-4-3-5-9(10)7-13/h3-6H,7H2,1-2H3,(H,14,15). The monoisotopic (exact) mass is 268 g/mol. The van der Waals surface area contributed by atoms with Crippen LogP contribution in [-0.2, 0) is 10.1 Å². The molecule has 0 aliphatic rings. The number of alkyl halides is 1. The number of halogens is 1. The van der Waals surface area contributed by atoms with Crippen LogP contribution in [0, 0.1) is 0 Å². The van der Waals surface area contributed by atoms with E-state index in [4.69, 9.17) is 5.11 Å². The van der Waals surface area contributed by atoms with E-state index in [-0.39, 0.29) is 0 Å². The lowest BCUT2D eigenvalue weighted by Crippen LogP contribution is -2.04. The highest BCUT2D eigenvalue weighted by molar-refractivity contribution is 9.08. The first kappa shape index (κ1) is 12.0. The summed E-state index contributed by atoms with van der Waals surface area (Å²) < 4.78 is 0. The summed E-state index contributed by atoms with van der Waals surface area (Å²) in [4.78, 5) is 11.1. The quantitative estimate of drug-likeness (QED) is 0.674. The average Bonchev–Trinajstić information content (AvgIpc) is 2.17. The SMILES string of the molecule is CC(C)=C(C(=O)O)c1ccccc1CBr. The molecule has 0 aliphatic carbocycles. The van der Waals surface area contributed by atoms with Crippen LogP contribution in [0.5, 0.6) is 0 Å². The average molecular weight is 269 g/mol. The first-order valence-electron chi connectivity index (χ1n) is 4.63. The minimum atomic E-state index is -0.872. The van der Waals surface area contributed by atoms with E-state index in [0.29, 0.717) is 10.9 Å². The summed E-state index contributed by atoms with van der Waals surface area (Å²) in [5.74, 6) is -0.872. The van der Waals surface area contributed by atoms with Gasteiger partial charge in [-0.25, -0.2) is 4.79 Å². The molecule has 1 aromatic rings. The van der Waals surface area contributed by atoms with Crippen molar-refractivity contribution in [3.05, 3.63) is 41.0 Å². The third kappa shape index (κ3) is 2.69. The zero-order valence-corrected chi connectivity index (χ0v) is 10.3. The predicted molar refractivity (Wildman–Crippen MR) is 65.0 cm³/mol. The summed E-state index contributed by atoms with van der Waals surface area (Å²) in [6.45, 7) is 3.63. The number of aliphatic carboxylic acids is 1. The van der Waals surface area contributed by atoms with Gasteiger partial charge in [0, 0.05) is 5.33 Å². The Bertz CT molecular complexity index is 404. The zero-order valence-electron chi connectivity index (χ0n) is 8.75. The highest BCUT2D eigenvalue weighted by Crippen LogP contribution is 2.24. The molecule has 0 aliphatic heterocycles.